The van der Waals surface area contributed by atoms with Crippen LogP contribution in [0.5, 0.6) is 0 Å². The number of fused-ring (bicyclic) bond motifs is 2. The topological polar surface area (TPSA) is 68.3 Å². The summed E-state index contributed by atoms with van der Waals surface area (Å²) < 4.78 is 18.6. The summed E-state index contributed by atoms with van der Waals surface area (Å²) >= 11 is 0. The standard InChI is InChI=1S/C26H21FN2O3/c1-2-14-28-23(30)16-32-26(31)24-20-7-3-4-9-22(20)29-25-18(6-5-8-21(24)25)15-17-10-12-19(27)13-11-17/h1,3-4,7,9-13,15H,5-6,8,14,16H2,(H,28,30)/b18-15+. The van der Waals surface area contributed by atoms with Crippen LogP contribution in [-0.2, 0) is 16.0 Å². The summed E-state index contributed by atoms with van der Waals surface area (Å²) in [6.07, 6.45) is 9.40. The quantitative estimate of drug-likeness (QED) is 0.490. The Morgan fingerprint density at radius 1 is 1.16 bits per heavy atom. The first-order chi connectivity index (χ1) is 15.6. The highest BCUT2D eigenvalue weighted by atomic mass is 19.1. The van der Waals surface area contributed by atoms with Crippen LogP contribution in [0.1, 0.15) is 40.0 Å². The van der Waals surface area contributed by atoms with E-state index in [0.29, 0.717) is 22.9 Å². The maximum atomic E-state index is 13.3. The Morgan fingerprint density at radius 2 is 1.94 bits per heavy atom. The van der Waals surface area contributed by atoms with Crippen LogP contribution in [0.15, 0.2) is 48.5 Å². The number of benzene rings is 2. The molecule has 1 aliphatic carbocycles. The second kappa shape index (κ2) is 9.44. The molecule has 0 bridgehead atoms. The molecule has 32 heavy (non-hydrogen) atoms. The maximum Gasteiger partial charge on any atom is 0.339 e. The van der Waals surface area contributed by atoms with Crippen molar-refractivity contribution in [2.45, 2.75) is 19.3 Å². The number of hydrogen-bond acceptors (Lipinski definition) is 4. The van der Waals surface area contributed by atoms with Crippen LogP contribution in [0.25, 0.3) is 22.6 Å². The van der Waals surface area contributed by atoms with Gasteiger partial charge < -0.3 is 10.1 Å². The minimum atomic E-state index is -0.571. The van der Waals surface area contributed by atoms with Gasteiger partial charge in [-0.1, -0.05) is 36.3 Å². The molecular weight excluding hydrogens is 407 g/mol. The molecule has 0 saturated heterocycles. The number of nitrogens with one attached hydrogen (secondary N) is 1. The van der Waals surface area contributed by atoms with Crippen molar-refractivity contribution in [3.8, 4) is 12.3 Å². The molecule has 0 saturated carbocycles. The fraction of sp³-hybridized carbons (Fsp3) is 0.192. The molecule has 0 spiro atoms. The van der Waals surface area contributed by atoms with E-state index in [1.165, 1.54) is 12.1 Å². The number of para-hydroxylation sites is 1. The van der Waals surface area contributed by atoms with Crippen LogP contribution in [0.4, 0.5) is 4.39 Å². The molecule has 4 rings (SSSR count). The largest absolute Gasteiger partial charge is 0.452 e. The van der Waals surface area contributed by atoms with Gasteiger partial charge in [-0.3, -0.25) is 4.79 Å². The summed E-state index contributed by atoms with van der Waals surface area (Å²) in [5, 5.41) is 3.16. The Balaban J connectivity index is 1.75. The van der Waals surface area contributed by atoms with E-state index >= 15 is 0 Å². The molecule has 0 unspecified atom stereocenters. The number of amides is 1. The van der Waals surface area contributed by atoms with Crippen LogP contribution >= 0.6 is 0 Å². The summed E-state index contributed by atoms with van der Waals surface area (Å²) in [5.74, 6) is 0.980. The van der Waals surface area contributed by atoms with E-state index in [0.717, 1.165) is 35.2 Å². The van der Waals surface area contributed by atoms with Crippen molar-refractivity contribution in [2.75, 3.05) is 13.2 Å². The van der Waals surface area contributed by atoms with Gasteiger partial charge in [-0.2, -0.15) is 0 Å². The van der Waals surface area contributed by atoms with Crippen molar-refractivity contribution < 1.29 is 18.7 Å². The zero-order chi connectivity index (χ0) is 22.5. The average Bonchev–Trinajstić information content (AvgIpc) is 2.81. The van der Waals surface area contributed by atoms with E-state index in [9.17, 15) is 14.0 Å². The Hall–Kier alpha value is -3.98. The Morgan fingerprint density at radius 3 is 2.72 bits per heavy atom. The van der Waals surface area contributed by atoms with Gasteiger partial charge in [-0.25, -0.2) is 14.2 Å². The van der Waals surface area contributed by atoms with Gasteiger partial charge in [-0.05, 0) is 60.2 Å². The number of hydrogen-bond donors (Lipinski definition) is 1. The van der Waals surface area contributed by atoms with Crippen molar-refractivity contribution in [1.82, 2.24) is 10.3 Å². The number of nitrogens with zero attached hydrogens (tertiary/aromatic N) is 1. The van der Waals surface area contributed by atoms with Crippen LogP contribution in [0.3, 0.4) is 0 Å². The summed E-state index contributed by atoms with van der Waals surface area (Å²) in [4.78, 5) is 29.8. The van der Waals surface area contributed by atoms with Gasteiger partial charge in [0, 0.05) is 5.39 Å². The zero-order valence-corrected chi connectivity index (χ0v) is 17.4. The summed E-state index contributed by atoms with van der Waals surface area (Å²) in [6, 6.07) is 13.6. The lowest BCUT2D eigenvalue weighted by Crippen LogP contribution is -2.29. The van der Waals surface area contributed by atoms with Gasteiger partial charge in [0.1, 0.15) is 5.82 Å². The molecule has 0 atom stereocenters. The van der Waals surface area contributed by atoms with Crippen molar-refractivity contribution >= 4 is 34.4 Å². The number of pyridine rings is 1. The third kappa shape index (κ3) is 4.52. The SMILES string of the molecule is C#CCNC(=O)COC(=O)c1c2c(nc3ccccc13)/C(=C/c1ccc(F)cc1)CCC2. The fourth-order valence-corrected chi connectivity index (χ4v) is 3.87. The van der Waals surface area contributed by atoms with Gasteiger partial charge in [0.05, 0.1) is 23.3 Å². The highest BCUT2D eigenvalue weighted by Gasteiger charge is 2.26. The Kier molecular flexibility index (Phi) is 6.27. The predicted octanol–water partition coefficient (Wildman–Crippen LogP) is 4.16. The number of ether oxygens (including phenoxy) is 1. The van der Waals surface area contributed by atoms with Crippen LogP contribution in [0.2, 0.25) is 0 Å². The van der Waals surface area contributed by atoms with E-state index in [2.05, 4.69) is 11.2 Å². The third-order valence-electron chi connectivity index (χ3n) is 5.31. The highest BCUT2D eigenvalue weighted by molar-refractivity contribution is 6.07. The second-order valence-corrected chi connectivity index (χ2v) is 7.46. The molecule has 1 heterocycles. The van der Waals surface area contributed by atoms with Crippen molar-refractivity contribution in [1.29, 1.82) is 0 Å². The van der Waals surface area contributed by atoms with Gasteiger partial charge >= 0.3 is 5.97 Å². The van der Waals surface area contributed by atoms with Crippen LogP contribution < -0.4 is 5.32 Å². The summed E-state index contributed by atoms with van der Waals surface area (Å²) in [7, 11) is 0. The van der Waals surface area contributed by atoms with E-state index < -0.39 is 18.5 Å². The third-order valence-corrected chi connectivity index (χ3v) is 5.31. The molecule has 3 aromatic rings. The van der Waals surface area contributed by atoms with E-state index in [-0.39, 0.29) is 12.4 Å². The van der Waals surface area contributed by atoms with Crippen molar-refractivity contribution in [3.05, 3.63) is 76.7 Å². The first-order valence-electron chi connectivity index (χ1n) is 10.3. The monoisotopic (exact) mass is 428 g/mol. The maximum absolute atomic E-state index is 13.3. The van der Waals surface area contributed by atoms with Gasteiger partial charge in [0.2, 0.25) is 0 Å². The lowest BCUT2D eigenvalue weighted by molar-refractivity contribution is -0.123. The lowest BCUT2D eigenvalue weighted by Gasteiger charge is -2.22. The molecule has 0 fully saturated rings. The number of rotatable bonds is 5. The minimum absolute atomic E-state index is 0.0709. The van der Waals surface area contributed by atoms with E-state index in [4.69, 9.17) is 16.1 Å². The second-order valence-electron chi connectivity index (χ2n) is 7.46. The molecule has 160 valence electrons. The molecule has 0 radical (unpaired) electrons. The molecule has 1 N–H and O–H groups in total. The number of carbonyl (C=O) groups excluding carboxylic acids is 2. The average molecular weight is 428 g/mol. The smallest absolute Gasteiger partial charge is 0.339 e. The summed E-state index contributed by atoms with van der Waals surface area (Å²) in [6.45, 7) is -0.342. The molecule has 1 aliphatic rings. The number of allylic oxidation sites excluding steroid dienone is 1. The number of carbonyl (C=O) groups is 2. The van der Waals surface area contributed by atoms with E-state index in [1.807, 2.05) is 30.3 Å². The molecule has 1 amide bonds. The zero-order valence-electron chi connectivity index (χ0n) is 17.4. The molecule has 6 heteroatoms. The van der Waals surface area contributed by atoms with Gasteiger partial charge in [0.15, 0.2) is 6.61 Å². The van der Waals surface area contributed by atoms with Gasteiger partial charge in [-0.15, -0.1) is 6.42 Å². The normalized spacial score (nSPS) is 13.9. The Bertz CT molecular complexity index is 1260. The number of aromatic nitrogens is 1. The summed E-state index contributed by atoms with van der Waals surface area (Å²) in [5.41, 5.74) is 4.48. The van der Waals surface area contributed by atoms with E-state index in [1.54, 1.807) is 12.1 Å². The molecular formula is C26H21FN2O3. The number of terminal acetylenes is 1. The molecule has 0 aliphatic heterocycles. The van der Waals surface area contributed by atoms with Crippen LogP contribution in [0, 0.1) is 18.2 Å². The van der Waals surface area contributed by atoms with Crippen molar-refractivity contribution in [3.63, 3.8) is 0 Å². The minimum Gasteiger partial charge on any atom is -0.452 e. The number of esters is 1. The molecule has 5 nitrogen and oxygen atoms in total. The molecule has 1 aromatic heterocycles. The Labute approximate surface area is 185 Å². The van der Waals surface area contributed by atoms with Crippen molar-refractivity contribution in [2.24, 2.45) is 0 Å². The first-order valence-corrected chi connectivity index (χ1v) is 10.3. The number of halogens is 1. The van der Waals surface area contributed by atoms with Gasteiger partial charge in [0.25, 0.3) is 5.91 Å². The fourth-order valence-electron chi connectivity index (χ4n) is 3.87. The first kappa shape index (κ1) is 21.3. The predicted molar refractivity (Wildman–Crippen MR) is 121 cm³/mol. The van der Waals surface area contributed by atoms with Crippen LogP contribution in [-0.4, -0.2) is 30.0 Å². The highest BCUT2D eigenvalue weighted by Crippen LogP contribution is 2.36. The molecule has 2 aromatic carbocycles. The lowest BCUT2D eigenvalue weighted by atomic mass is 9.86.